The molecule has 2 N–H and O–H groups in total. The topological polar surface area (TPSA) is 69.9 Å². The summed E-state index contributed by atoms with van der Waals surface area (Å²) in [6.45, 7) is 0. The van der Waals surface area contributed by atoms with Gasteiger partial charge in [-0.15, -0.1) is 0 Å². The van der Waals surface area contributed by atoms with Gasteiger partial charge in [0.25, 0.3) is 0 Å². The molecule has 0 heterocycles. The third-order valence-electron chi connectivity index (χ3n) is 4.87. The lowest BCUT2D eigenvalue weighted by molar-refractivity contribution is -0.130. The quantitative estimate of drug-likeness (QED) is 0.427. The highest BCUT2D eigenvalue weighted by Crippen LogP contribution is 2.56. The Bertz CT molecular complexity index is 322. The van der Waals surface area contributed by atoms with Crippen LogP contribution >= 0.6 is 0 Å². The summed E-state index contributed by atoms with van der Waals surface area (Å²) in [5.41, 5.74) is 0.00815. The number of carbonyl (C=O) groups is 1. The molecule has 0 spiro atoms. The highest BCUT2D eigenvalue weighted by atomic mass is 16.4. The maximum absolute atomic E-state index is 11.1. The molecule has 4 aliphatic carbocycles. The molecule has 4 bridgehead atoms. The molecule has 0 unspecified atom stereocenters. The van der Waals surface area contributed by atoms with Crippen LogP contribution in [0.1, 0.15) is 32.1 Å². The number of oxime groups is 1. The zero-order chi connectivity index (χ0) is 11.3. The van der Waals surface area contributed by atoms with Gasteiger partial charge in [-0.25, -0.2) is 4.79 Å². The predicted molar refractivity (Wildman–Crippen MR) is 57.4 cm³/mol. The fourth-order valence-electron chi connectivity index (χ4n) is 4.62. The molecule has 4 aliphatic rings. The lowest BCUT2D eigenvalue weighted by Gasteiger charge is -2.53. The molecule has 0 aromatic rings. The number of hydrogen-bond acceptors (Lipinski definition) is 3. The average molecular weight is 223 g/mol. The molecule has 4 nitrogen and oxygen atoms in total. The van der Waals surface area contributed by atoms with Gasteiger partial charge >= 0.3 is 5.97 Å². The molecule has 0 aromatic carbocycles. The van der Waals surface area contributed by atoms with Crippen molar-refractivity contribution in [2.45, 2.75) is 32.1 Å². The minimum absolute atomic E-state index is 0.00815. The van der Waals surface area contributed by atoms with Crippen molar-refractivity contribution in [2.24, 2.45) is 34.7 Å². The zero-order valence-corrected chi connectivity index (χ0v) is 9.17. The van der Waals surface area contributed by atoms with E-state index in [4.69, 9.17) is 10.3 Å². The van der Waals surface area contributed by atoms with Gasteiger partial charge in [0.2, 0.25) is 0 Å². The van der Waals surface area contributed by atoms with Gasteiger partial charge in [0.1, 0.15) is 0 Å². The Morgan fingerprint density at radius 2 is 1.50 bits per heavy atom. The van der Waals surface area contributed by atoms with Gasteiger partial charge in [-0.1, -0.05) is 5.16 Å². The molecular formula is C12H17NO3. The van der Waals surface area contributed by atoms with Gasteiger partial charge < -0.3 is 10.3 Å². The summed E-state index contributed by atoms with van der Waals surface area (Å²) in [6.07, 6.45) is 5.92. The third-order valence-corrected chi connectivity index (χ3v) is 4.87. The maximum atomic E-state index is 11.1. The van der Waals surface area contributed by atoms with Crippen molar-refractivity contribution in [3.05, 3.63) is 0 Å². The monoisotopic (exact) mass is 223 g/mol. The van der Waals surface area contributed by atoms with Crippen LogP contribution in [0, 0.1) is 29.6 Å². The van der Waals surface area contributed by atoms with Crippen LogP contribution in [0.4, 0.5) is 0 Å². The summed E-state index contributed by atoms with van der Waals surface area (Å²) in [5, 5.41) is 21.0. The smallest absolute Gasteiger partial charge is 0.353 e. The van der Waals surface area contributed by atoms with Crippen LogP contribution in [-0.2, 0) is 4.79 Å². The fourth-order valence-corrected chi connectivity index (χ4v) is 4.62. The van der Waals surface area contributed by atoms with Gasteiger partial charge in [0.05, 0.1) is 0 Å². The van der Waals surface area contributed by atoms with Crippen molar-refractivity contribution in [2.75, 3.05) is 0 Å². The van der Waals surface area contributed by atoms with Crippen LogP contribution in [0.25, 0.3) is 0 Å². The Morgan fingerprint density at radius 1 is 1.00 bits per heavy atom. The Labute approximate surface area is 94.3 Å². The first-order valence-corrected chi connectivity index (χ1v) is 6.14. The zero-order valence-electron chi connectivity index (χ0n) is 9.17. The van der Waals surface area contributed by atoms with Gasteiger partial charge in [-0.2, -0.15) is 0 Å². The van der Waals surface area contributed by atoms with Crippen molar-refractivity contribution in [3.8, 4) is 0 Å². The van der Waals surface area contributed by atoms with Crippen LogP contribution in [0.5, 0.6) is 0 Å². The van der Waals surface area contributed by atoms with Gasteiger partial charge in [0, 0.05) is 5.92 Å². The molecule has 4 fully saturated rings. The molecule has 0 radical (unpaired) electrons. The summed E-state index contributed by atoms with van der Waals surface area (Å²) in [4.78, 5) is 11.1. The molecule has 0 amide bonds. The van der Waals surface area contributed by atoms with Crippen molar-refractivity contribution < 1.29 is 15.1 Å². The van der Waals surface area contributed by atoms with E-state index in [1.165, 1.54) is 6.42 Å². The van der Waals surface area contributed by atoms with E-state index in [0.717, 1.165) is 37.5 Å². The Balaban J connectivity index is 1.89. The highest BCUT2D eigenvalue weighted by Gasteiger charge is 2.51. The number of nitrogens with zero attached hydrogens (tertiary/aromatic N) is 1. The lowest BCUT2D eigenvalue weighted by Crippen LogP contribution is -2.49. The van der Waals surface area contributed by atoms with E-state index < -0.39 is 5.97 Å². The second-order valence-electron chi connectivity index (χ2n) is 5.75. The highest BCUT2D eigenvalue weighted by molar-refractivity contribution is 6.36. The second kappa shape index (κ2) is 3.47. The summed E-state index contributed by atoms with van der Waals surface area (Å²) in [6, 6.07) is 0. The van der Waals surface area contributed by atoms with E-state index in [-0.39, 0.29) is 11.6 Å². The molecule has 0 saturated heterocycles. The molecule has 16 heavy (non-hydrogen) atoms. The van der Waals surface area contributed by atoms with Gasteiger partial charge in [0.15, 0.2) is 5.71 Å². The van der Waals surface area contributed by atoms with Crippen LogP contribution < -0.4 is 0 Å². The first-order chi connectivity index (χ1) is 7.69. The van der Waals surface area contributed by atoms with Crippen molar-refractivity contribution in [1.29, 1.82) is 0 Å². The molecular weight excluding hydrogens is 206 g/mol. The van der Waals surface area contributed by atoms with Crippen molar-refractivity contribution in [3.63, 3.8) is 0 Å². The van der Waals surface area contributed by atoms with Crippen molar-refractivity contribution >= 4 is 11.7 Å². The van der Waals surface area contributed by atoms with Crippen LogP contribution in [-0.4, -0.2) is 22.0 Å². The van der Waals surface area contributed by atoms with E-state index in [2.05, 4.69) is 5.16 Å². The number of rotatable bonds is 2. The Morgan fingerprint density at radius 3 is 1.88 bits per heavy atom. The summed E-state index contributed by atoms with van der Waals surface area (Å²) >= 11 is 0. The van der Waals surface area contributed by atoms with Crippen molar-refractivity contribution in [1.82, 2.24) is 0 Å². The van der Waals surface area contributed by atoms with Gasteiger partial charge in [-0.3, -0.25) is 0 Å². The van der Waals surface area contributed by atoms with E-state index >= 15 is 0 Å². The number of carboxylic acid groups (broad SMARTS) is 1. The molecule has 4 saturated carbocycles. The predicted octanol–water partition coefficient (Wildman–Crippen LogP) is 1.97. The Kier molecular flexibility index (Phi) is 2.19. The minimum Gasteiger partial charge on any atom is -0.477 e. The molecule has 0 atom stereocenters. The molecule has 0 aromatic heterocycles. The second-order valence-corrected chi connectivity index (χ2v) is 5.75. The van der Waals surface area contributed by atoms with E-state index in [1.54, 1.807) is 0 Å². The van der Waals surface area contributed by atoms with Crippen LogP contribution in [0.2, 0.25) is 0 Å². The van der Waals surface area contributed by atoms with Gasteiger partial charge in [-0.05, 0) is 55.8 Å². The third kappa shape index (κ3) is 1.35. The van der Waals surface area contributed by atoms with E-state index in [1.807, 2.05) is 0 Å². The molecule has 4 heteroatoms. The summed E-state index contributed by atoms with van der Waals surface area (Å²) in [5.74, 6) is 1.51. The fraction of sp³-hybridized carbons (Fsp3) is 0.833. The number of hydrogen-bond donors (Lipinski definition) is 2. The maximum Gasteiger partial charge on any atom is 0.353 e. The summed E-state index contributed by atoms with van der Waals surface area (Å²) < 4.78 is 0. The van der Waals surface area contributed by atoms with E-state index in [0.29, 0.717) is 11.8 Å². The largest absolute Gasteiger partial charge is 0.477 e. The first kappa shape index (κ1) is 10.1. The number of carboxylic acids is 1. The minimum atomic E-state index is -1.04. The number of aliphatic carboxylic acids is 1. The average Bonchev–Trinajstić information content (AvgIpc) is 2.21. The molecule has 88 valence electrons. The summed E-state index contributed by atoms with van der Waals surface area (Å²) in [7, 11) is 0. The first-order valence-electron chi connectivity index (χ1n) is 6.14. The normalized spacial score (nSPS) is 46.0. The van der Waals surface area contributed by atoms with Crippen LogP contribution in [0.15, 0.2) is 5.16 Å². The SMILES string of the molecule is O=C(O)C(=NO)C1C2CC3CC(C2)CC1C3. The Hall–Kier alpha value is -1.06. The standard InChI is InChI=1S/C12H17NO3/c14-12(15)11(13-16)10-8-2-6-1-7(4-8)5-9(10)3-6/h6-10,16H,1-5H2,(H,14,15). The van der Waals surface area contributed by atoms with E-state index in [9.17, 15) is 4.79 Å². The molecule has 4 rings (SSSR count). The lowest BCUT2D eigenvalue weighted by atomic mass is 9.51. The van der Waals surface area contributed by atoms with Crippen LogP contribution in [0.3, 0.4) is 0 Å². The molecule has 0 aliphatic heterocycles.